The molecule has 3 aromatic rings. The minimum Gasteiger partial charge on any atom is -0.493 e. The Kier molecular flexibility index (Phi) is 7.38. The molecule has 4 rings (SSSR count). The number of amides is 1. The maximum Gasteiger partial charge on any atom is 0.311 e. The summed E-state index contributed by atoms with van der Waals surface area (Å²) in [6.07, 6.45) is 2.14. The summed E-state index contributed by atoms with van der Waals surface area (Å²) >= 11 is 6.35. The number of hydrogen-bond acceptors (Lipinski definition) is 4. The van der Waals surface area contributed by atoms with Gasteiger partial charge in [0.2, 0.25) is 0 Å². The van der Waals surface area contributed by atoms with Crippen molar-refractivity contribution in [3.8, 4) is 17.2 Å². The van der Waals surface area contributed by atoms with Crippen molar-refractivity contribution in [3.05, 3.63) is 87.9 Å². The Morgan fingerprint density at radius 1 is 1.12 bits per heavy atom. The molecule has 0 aromatic heterocycles. The number of benzene rings is 3. The number of ether oxygens (including phenoxy) is 2. The van der Waals surface area contributed by atoms with Gasteiger partial charge in [0.25, 0.3) is 5.91 Å². The monoisotopic (exact) mass is 479 g/mol. The molecule has 176 valence electrons. The van der Waals surface area contributed by atoms with E-state index >= 15 is 0 Å². The molecule has 0 fully saturated rings. The first-order chi connectivity index (χ1) is 16.5. The average Bonchev–Trinajstić information content (AvgIpc) is 2.84. The number of aliphatic carboxylic acids is 1. The lowest BCUT2D eigenvalue weighted by Crippen LogP contribution is -2.25. The molecule has 0 spiro atoms. The fraction of sp³-hybridized carbons (Fsp3) is 0.259. The number of fused-ring (bicyclic) bond motifs is 1. The summed E-state index contributed by atoms with van der Waals surface area (Å²) < 4.78 is 11.5. The van der Waals surface area contributed by atoms with E-state index < -0.39 is 11.9 Å². The van der Waals surface area contributed by atoms with E-state index in [1.165, 1.54) is 11.1 Å². The van der Waals surface area contributed by atoms with Crippen molar-refractivity contribution in [1.82, 2.24) is 5.32 Å². The Hall–Kier alpha value is -3.51. The van der Waals surface area contributed by atoms with Crippen LogP contribution in [-0.4, -0.2) is 30.1 Å². The molecule has 0 aliphatic carbocycles. The second kappa shape index (κ2) is 10.6. The number of carboxylic acid groups (broad SMARTS) is 1. The van der Waals surface area contributed by atoms with Gasteiger partial charge in [-0.05, 0) is 60.7 Å². The minimum atomic E-state index is -0.905. The standard InChI is InChI=1S/C27H26ClNO5/c1-2-17-5-3-4-6-18(17)11-13-29-26(30)19-7-9-20(10-8-19)34-25-16-24-22(15-23(25)28)21(27(31)32)12-14-33-24/h3-10,15-16,21H,2,11-14H2,1H3,(H,29,30)(H,31,32). The molecular formula is C27H26ClNO5. The van der Waals surface area contributed by atoms with Gasteiger partial charge in [0, 0.05) is 23.7 Å². The van der Waals surface area contributed by atoms with Crippen LogP contribution in [0, 0.1) is 0 Å². The molecule has 2 N–H and O–H groups in total. The van der Waals surface area contributed by atoms with Gasteiger partial charge < -0.3 is 19.9 Å². The Balaban J connectivity index is 1.38. The molecule has 1 atom stereocenters. The van der Waals surface area contributed by atoms with E-state index in [1.807, 2.05) is 12.1 Å². The summed E-state index contributed by atoms with van der Waals surface area (Å²) in [6.45, 7) is 2.99. The van der Waals surface area contributed by atoms with Crippen LogP contribution in [0.2, 0.25) is 5.02 Å². The van der Waals surface area contributed by atoms with Crippen LogP contribution >= 0.6 is 11.6 Å². The Labute approximate surface area is 203 Å². The van der Waals surface area contributed by atoms with Gasteiger partial charge in [-0.15, -0.1) is 0 Å². The number of rotatable bonds is 8. The van der Waals surface area contributed by atoms with E-state index in [-0.39, 0.29) is 5.91 Å². The Morgan fingerprint density at radius 3 is 2.56 bits per heavy atom. The molecule has 0 saturated heterocycles. The molecule has 0 radical (unpaired) electrons. The molecule has 0 saturated carbocycles. The highest BCUT2D eigenvalue weighted by atomic mass is 35.5. The number of carbonyl (C=O) groups excluding carboxylic acids is 1. The van der Waals surface area contributed by atoms with Crippen LogP contribution in [0.5, 0.6) is 17.2 Å². The fourth-order valence-electron chi connectivity index (χ4n) is 4.08. The Morgan fingerprint density at radius 2 is 1.85 bits per heavy atom. The predicted octanol–water partition coefficient (Wildman–Crippen LogP) is 5.62. The van der Waals surface area contributed by atoms with Crippen LogP contribution in [0.15, 0.2) is 60.7 Å². The highest BCUT2D eigenvalue weighted by molar-refractivity contribution is 6.32. The number of carboxylic acids is 1. The van der Waals surface area contributed by atoms with E-state index in [4.69, 9.17) is 21.1 Å². The maximum atomic E-state index is 12.5. The first-order valence-corrected chi connectivity index (χ1v) is 11.7. The van der Waals surface area contributed by atoms with E-state index in [0.29, 0.717) is 53.0 Å². The molecule has 34 heavy (non-hydrogen) atoms. The number of halogens is 1. The van der Waals surface area contributed by atoms with Gasteiger partial charge in [-0.2, -0.15) is 0 Å². The molecule has 1 aliphatic heterocycles. The van der Waals surface area contributed by atoms with Crippen LogP contribution in [0.25, 0.3) is 0 Å². The average molecular weight is 480 g/mol. The van der Waals surface area contributed by atoms with E-state index in [2.05, 4.69) is 24.4 Å². The summed E-state index contributed by atoms with van der Waals surface area (Å²) in [4.78, 5) is 24.0. The van der Waals surface area contributed by atoms with E-state index in [9.17, 15) is 14.7 Å². The minimum absolute atomic E-state index is 0.152. The molecule has 7 heteroatoms. The molecular weight excluding hydrogens is 454 g/mol. The molecule has 1 unspecified atom stereocenters. The SMILES string of the molecule is CCc1ccccc1CCNC(=O)c1ccc(Oc2cc3c(cc2Cl)C(C(=O)O)CCO3)cc1. The quantitative estimate of drug-likeness (QED) is 0.438. The summed E-state index contributed by atoms with van der Waals surface area (Å²) in [7, 11) is 0. The van der Waals surface area contributed by atoms with Gasteiger partial charge >= 0.3 is 5.97 Å². The highest BCUT2D eigenvalue weighted by Gasteiger charge is 2.29. The van der Waals surface area contributed by atoms with Crippen LogP contribution < -0.4 is 14.8 Å². The predicted molar refractivity (Wildman–Crippen MR) is 130 cm³/mol. The lowest BCUT2D eigenvalue weighted by atomic mass is 9.93. The number of nitrogens with one attached hydrogen (secondary N) is 1. The zero-order valence-electron chi connectivity index (χ0n) is 18.8. The van der Waals surface area contributed by atoms with Crippen LogP contribution in [0.1, 0.15) is 46.3 Å². The van der Waals surface area contributed by atoms with Crippen molar-refractivity contribution in [3.63, 3.8) is 0 Å². The van der Waals surface area contributed by atoms with Crippen molar-refractivity contribution in [1.29, 1.82) is 0 Å². The van der Waals surface area contributed by atoms with Gasteiger partial charge in [0.1, 0.15) is 17.2 Å². The molecule has 0 bridgehead atoms. The van der Waals surface area contributed by atoms with Gasteiger partial charge in [0.15, 0.2) is 0 Å². The topological polar surface area (TPSA) is 84.9 Å². The van der Waals surface area contributed by atoms with Gasteiger partial charge in [-0.1, -0.05) is 42.8 Å². The summed E-state index contributed by atoms with van der Waals surface area (Å²) in [6, 6.07) is 18.2. The van der Waals surface area contributed by atoms with Crippen molar-refractivity contribution in [2.24, 2.45) is 0 Å². The molecule has 1 aliphatic rings. The Bertz CT molecular complexity index is 1190. The van der Waals surface area contributed by atoms with Gasteiger partial charge in [0.05, 0.1) is 17.5 Å². The van der Waals surface area contributed by atoms with Crippen LogP contribution in [0.3, 0.4) is 0 Å². The second-order valence-corrected chi connectivity index (χ2v) is 8.51. The van der Waals surface area contributed by atoms with Crippen molar-refractivity contribution in [2.75, 3.05) is 13.2 Å². The summed E-state index contributed by atoms with van der Waals surface area (Å²) in [5.41, 5.74) is 3.61. The molecule has 3 aromatic carbocycles. The second-order valence-electron chi connectivity index (χ2n) is 8.10. The summed E-state index contributed by atoms with van der Waals surface area (Å²) in [5.74, 6) is -0.389. The lowest BCUT2D eigenvalue weighted by Gasteiger charge is -2.24. The first kappa shape index (κ1) is 23.6. The van der Waals surface area contributed by atoms with Crippen LogP contribution in [-0.2, 0) is 17.6 Å². The normalized spacial score (nSPS) is 14.6. The zero-order valence-corrected chi connectivity index (χ0v) is 19.6. The largest absolute Gasteiger partial charge is 0.493 e. The van der Waals surface area contributed by atoms with Crippen molar-refractivity contribution >= 4 is 23.5 Å². The zero-order chi connectivity index (χ0) is 24.1. The maximum absolute atomic E-state index is 12.5. The smallest absolute Gasteiger partial charge is 0.311 e. The highest BCUT2D eigenvalue weighted by Crippen LogP contribution is 2.41. The molecule has 1 heterocycles. The number of aryl methyl sites for hydroxylation is 1. The van der Waals surface area contributed by atoms with Gasteiger partial charge in [-0.25, -0.2) is 0 Å². The van der Waals surface area contributed by atoms with Crippen LogP contribution in [0.4, 0.5) is 0 Å². The third-order valence-corrected chi connectivity index (χ3v) is 6.22. The third kappa shape index (κ3) is 5.34. The molecule has 6 nitrogen and oxygen atoms in total. The third-order valence-electron chi connectivity index (χ3n) is 5.93. The fourth-order valence-corrected chi connectivity index (χ4v) is 4.30. The van der Waals surface area contributed by atoms with Gasteiger partial charge in [-0.3, -0.25) is 9.59 Å². The number of hydrogen-bond donors (Lipinski definition) is 2. The van der Waals surface area contributed by atoms with Crippen molar-refractivity contribution < 1.29 is 24.2 Å². The molecule has 1 amide bonds. The number of carbonyl (C=O) groups is 2. The first-order valence-electron chi connectivity index (χ1n) is 11.3. The van der Waals surface area contributed by atoms with E-state index in [0.717, 1.165) is 12.8 Å². The van der Waals surface area contributed by atoms with Crippen molar-refractivity contribution in [2.45, 2.75) is 32.1 Å². The summed E-state index contributed by atoms with van der Waals surface area (Å²) in [5, 5.41) is 12.7. The lowest BCUT2D eigenvalue weighted by molar-refractivity contribution is -0.139. The van der Waals surface area contributed by atoms with E-state index in [1.54, 1.807) is 36.4 Å².